The number of rotatable bonds is 1. The summed E-state index contributed by atoms with van der Waals surface area (Å²) in [4.78, 5) is 0. The third-order valence-electron chi connectivity index (χ3n) is 2.78. The van der Waals surface area contributed by atoms with Crippen molar-refractivity contribution in [3.8, 4) is 0 Å². The zero-order valence-electron chi connectivity index (χ0n) is 9.28. The van der Waals surface area contributed by atoms with Crippen molar-refractivity contribution in [1.29, 1.82) is 0 Å². The SMILES string of the molecule is Bc1c(C)cc(C)c(C(=C)C)c1C. The second-order valence-corrected chi connectivity index (χ2v) is 3.92. The number of allylic oxidation sites excluding steroid dienone is 1. The Bertz CT molecular complexity index is 362. The summed E-state index contributed by atoms with van der Waals surface area (Å²) < 4.78 is 0. The van der Waals surface area contributed by atoms with Gasteiger partial charge < -0.3 is 0 Å². The molecule has 0 saturated heterocycles. The van der Waals surface area contributed by atoms with Crippen LogP contribution < -0.4 is 5.46 Å². The van der Waals surface area contributed by atoms with Crippen molar-refractivity contribution in [2.24, 2.45) is 0 Å². The molecule has 13 heavy (non-hydrogen) atoms. The molecule has 0 unspecified atom stereocenters. The summed E-state index contributed by atoms with van der Waals surface area (Å²) in [5.74, 6) is 0. The molecule has 1 heteroatoms. The van der Waals surface area contributed by atoms with E-state index in [9.17, 15) is 0 Å². The Morgan fingerprint density at radius 2 is 1.77 bits per heavy atom. The quantitative estimate of drug-likeness (QED) is 0.567. The normalized spacial score (nSPS) is 10.2. The molecule has 0 aliphatic carbocycles. The van der Waals surface area contributed by atoms with Gasteiger partial charge in [-0.3, -0.25) is 0 Å². The fourth-order valence-corrected chi connectivity index (χ4v) is 1.94. The van der Waals surface area contributed by atoms with Gasteiger partial charge in [0.25, 0.3) is 0 Å². The Kier molecular flexibility index (Phi) is 2.65. The monoisotopic (exact) mass is 172 g/mol. The molecule has 0 bridgehead atoms. The van der Waals surface area contributed by atoms with Crippen LogP contribution in [-0.4, -0.2) is 7.85 Å². The summed E-state index contributed by atoms with van der Waals surface area (Å²) in [6.07, 6.45) is 0. The Morgan fingerprint density at radius 1 is 1.23 bits per heavy atom. The van der Waals surface area contributed by atoms with Gasteiger partial charge in [-0.05, 0) is 44.4 Å². The topological polar surface area (TPSA) is 0 Å². The Labute approximate surface area is 82.1 Å². The van der Waals surface area contributed by atoms with E-state index in [0.29, 0.717) is 0 Å². The second-order valence-electron chi connectivity index (χ2n) is 3.92. The molecule has 0 heterocycles. The molecule has 0 aromatic heterocycles. The molecular formula is C12H17B. The Balaban J connectivity index is 3.53. The minimum atomic E-state index is 1.16. The number of hydrogen-bond donors (Lipinski definition) is 0. The van der Waals surface area contributed by atoms with Gasteiger partial charge in [0.1, 0.15) is 7.85 Å². The molecule has 0 N–H and O–H groups in total. The maximum atomic E-state index is 4.02. The molecule has 0 spiro atoms. The van der Waals surface area contributed by atoms with E-state index in [1.54, 1.807) is 0 Å². The molecule has 0 aliphatic heterocycles. The highest BCUT2D eigenvalue weighted by Crippen LogP contribution is 2.20. The van der Waals surface area contributed by atoms with Crippen LogP contribution >= 0.6 is 0 Å². The predicted molar refractivity (Wildman–Crippen MR) is 63.5 cm³/mol. The van der Waals surface area contributed by atoms with Crippen LogP contribution in [-0.2, 0) is 0 Å². The lowest BCUT2D eigenvalue weighted by Crippen LogP contribution is -2.14. The molecule has 0 aliphatic rings. The first-order chi connectivity index (χ1) is 5.95. The average Bonchev–Trinajstić information content (AvgIpc) is 1.99. The molecule has 0 amide bonds. The van der Waals surface area contributed by atoms with Crippen LogP contribution in [0.15, 0.2) is 12.6 Å². The summed E-state index contributed by atoms with van der Waals surface area (Å²) in [7, 11) is 2.18. The summed E-state index contributed by atoms with van der Waals surface area (Å²) in [6, 6.07) is 2.24. The van der Waals surface area contributed by atoms with Gasteiger partial charge in [0.05, 0.1) is 0 Å². The first kappa shape index (κ1) is 10.1. The van der Waals surface area contributed by atoms with Gasteiger partial charge in [-0.1, -0.05) is 29.2 Å². The van der Waals surface area contributed by atoms with E-state index in [1.165, 1.54) is 27.7 Å². The second kappa shape index (κ2) is 3.41. The molecule has 0 nitrogen and oxygen atoms in total. The van der Waals surface area contributed by atoms with E-state index in [4.69, 9.17) is 0 Å². The lowest BCUT2D eigenvalue weighted by molar-refractivity contribution is 1.31. The molecule has 0 atom stereocenters. The first-order valence-electron chi connectivity index (χ1n) is 4.68. The van der Waals surface area contributed by atoms with Gasteiger partial charge in [0, 0.05) is 0 Å². The van der Waals surface area contributed by atoms with Crippen LogP contribution in [0.25, 0.3) is 5.57 Å². The molecule has 1 aromatic carbocycles. The van der Waals surface area contributed by atoms with E-state index >= 15 is 0 Å². The number of benzene rings is 1. The minimum absolute atomic E-state index is 1.16. The van der Waals surface area contributed by atoms with Gasteiger partial charge in [0.2, 0.25) is 0 Å². The molecule has 0 fully saturated rings. The standard InChI is InChI=1S/C12H17B/c1-7(2)11-8(3)6-9(4)12(13)10(11)5/h6H,1,13H2,2-5H3. The van der Waals surface area contributed by atoms with Crippen molar-refractivity contribution < 1.29 is 0 Å². The van der Waals surface area contributed by atoms with E-state index in [0.717, 1.165) is 5.57 Å². The smallest absolute Gasteiger partial charge is 0.0955 e. The highest BCUT2D eigenvalue weighted by atomic mass is 14.1. The molecular weight excluding hydrogens is 155 g/mol. The molecule has 0 radical (unpaired) electrons. The van der Waals surface area contributed by atoms with Crippen LogP contribution in [0.4, 0.5) is 0 Å². The van der Waals surface area contributed by atoms with E-state index in [-0.39, 0.29) is 0 Å². The van der Waals surface area contributed by atoms with E-state index in [2.05, 4.69) is 48.2 Å². The summed E-state index contributed by atoms with van der Waals surface area (Å²) in [5, 5.41) is 0. The van der Waals surface area contributed by atoms with Gasteiger partial charge in [0.15, 0.2) is 0 Å². The number of aryl methyl sites for hydroxylation is 2. The third kappa shape index (κ3) is 1.69. The first-order valence-corrected chi connectivity index (χ1v) is 4.68. The molecule has 68 valence electrons. The van der Waals surface area contributed by atoms with Gasteiger partial charge in [-0.25, -0.2) is 0 Å². The lowest BCUT2D eigenvalue weighted by atomic mass is 9.81. The maximum absolute atomic E-state index is 4.02. The van der Waals surface area contributed by atoms with Crippen molar-refractivity contribution in [3.63, 3.8) is 0 Å². The fourth-order valence-electron chi connectivity index (χ4n) is 1.94. The van der Waals surface area contributed by atoms with Gasteiger partial charge >= 0.3 is 0 Å². The maximum Gasteiger partial charge on any atom is 0.140 e. The van der Waals surface area contributed by atoms with Crippen LogP contribution in [0.2, 0.25) is 0 Å². The average molecular weight is 172 g/mol. The van der Waals surface area contributed by atoms with E-state index < -0.39 is 0 Å². The highest BCUT2D eigenvalue weighted by Gasteiger charge is 2.07. The third-order valence-corrected chi connectivity index (χ3v) is 2.78. The summed E-state index contributed by atoms with van der Waals surface area (Å²) >= 11 is 0. The predicted octanol–water partition coefficient (Wildman–Crippen LogP) is 1.90. The van der Waals surface area contributed by atoms with Crippen molar-refractivity contribution in [1.82, 2.24) is 0 Å². The Hall–Kier alpha value is -0.975. The van der Waals surface area contributed by atoms with Crippen molar-refractivity contribution in [2.45, 2.75) is 27.7 Å². The Morgan fingerprint density at radius 3 is 2.23 bits per heavy atom. The van der Waals surface area contributed by atoms with Crippen molar-refractivity contribution in [2.75, 3.05) is 0 Å². The van der Waals surface area contributed by atoms with Crippen LogP contribution in [0.3, 0.4) is 0 Å². The van der Waals surface area contributed by atoms with Crippen LogP contribution in [0, 0.1) is 20.8 Å². The van der Waals surface area contributed by atoms with E-state index in [1.807, 2.05) is 0 Å². The van der Waals surface area contributed by atoms with Crippen LogP contribution in [0.5, 0.6) is 0 Å². The van der Waals surface area contributed by atoms with Gasteiger partial charge in [-0.2, -0.15) is 0 Å². The summed E-state index contributed by atoms with van der Waals surface area (Å²) in [6.45, 7) is 12.6. The highest BCUT2D eigenvalue weighted by molar-refractivity contribution is 6.34. The van der Waals surface area contributed by atoms with Crippen molar-refractivity contribution >= 4 is 18.9 Å². The molecule has 1 rings (SSSR count). The molecule has 1 aromatic rings. The largest absolute Gasteiger partial charge is 0.140 e. The molecule has 0 saturated carbocycles. The zero-order chi connectivity index (χ0) is 10.2. The minimum Gasteiger partial charge on any atom is -0.0955 e. The van der Waals surface area contributed by atoms with Crippen LogP contribution in [0.1, 0.15) is 29.2 Å². The summed E-state index contributed by atoms with van der Waals surface area (Å²) in [5.41, 5.74) is 7.99. The number of hydrogen-bond acceptors (Lipinski definition) is 0. The van der Waals surface area contributed by atoms with Crippen molar-refractivity contribution in [3.05, 3.63) is 34.9 Å². The zero-order valence-corrected chi connectivity index (χ0v) is 9.28. The van der Waals surface area contributed by atoms with Gasteiger partial charge in [-0.15, -0.1) is 0 Å². The lowest BCUT2D eigenvalue weighted by Gasteiger charge is -2.14. The fraction of sp³-hybridized carbons (Fsp3) is 0.333.